The number of carbonyl (C=O) groups is 1. The predicted octanol–water partition coefficient (Wildman–Crippen LogP) is 3.91. The summed E-state index contributed by atoms with van der Waals surface area (Å²) in [4.78, 5) is 21.8. The van der Waals surface area contributed by atoms with Gasteiger partial charge in [0.2, 0.25) is 0 Å². The van der Waals surface area contributed by atoms with Crippen molar-refractivity contribution in [1.29, 1.82) is 0 Å². The first-order valence-electron chi connectivity index (χ1n) is 8.74. The lowest BCUT2D eigenvalue weighted by Crippen LogP contribution is -2.39. The maximum absolute atomic E-state index is 13.0. The van der Waals surface area contributed by atoms with E-state index in [0.29, 0.717) is 0 Å². The molecule has 2 heterocycles. The Morgan fingerprint density at radius 2 is 2.00 bits per heavy atom. The topological polar surface area (TPSA) is 36.4 Å². The van der Waals surface area contributed by atoms with Crippen molar-refractivity contribution in [3.63, 3.8) is 0 Å². The number of anilines is 1. The summed E-state index contributed by atoms with van der Waals surface area (Å²) in [6.07, 6.45) is 5.04. The van der Waals surface area contributed by atoms with E-state index in [1.54, 1.807) is 0 Å². The van der Waals surface area contributed by atoms with Crippen LogP contribution in [0.15, 0.2) is 48.7 Å². The summed E-state index contributed by atoms with van der Waals surface area (Å²) in [6.45, 7) is 3.82. The van der Waals surface area contributed by atoms with E-state index in [1.807, 2.05) is 47.5 Å². The number of hydrogen-bond donors (Lipinski definition) is 0. The van der Waals surface area contributed by atoms with Crippen LogP contribution in [0.2, 0.25) is 0 Å². The third-order valence-corrected chi connectivity index (χ3v) is 4.80. The summed E-state index contributed by atoms with van der Waals surface area (Å²) < 4.78 is 0. The highest BCUT2D eigenvalue weighted by atomic mass is 16.2. The van der Waals surface area contributed by atoms with E-state index in [4.69, 9.17) is 0 Å². The van der Waals surface area contributed by atoms with Crippen LogP contribution in [-0.2, 0) is 0 Å². The van der Waals surface area contributed by atoms with Crippen molar-refractivity contribution in [3.8, 4) is 0 Å². The maximum Gasteiger partial charge on any atom is 0.254 e. The highest BCUT2D eigenvalue weighted by Crippen LogP contribution is 2.36. The first-order valence-corrected chi connectivity index (χ1v) is 8.74. The minimum atomic E-state index is 0.101. The molecule has 1 aromatic heterocycles. The van der Waals surface area contributed by atoms with Gasteiger partial charge in [-0.1, -0.05) is 24.3 Å². The largest absolute Gasteiger partial charge is 0.360 e. The van der Waals surface area contributed by atoms with Crippen LogP contribution in [0.3, 0.4) is 0 Å². The summed E-state index contributed by atoms with van der Waals surface area (Å²) in [5.41, 5.74) is 1.92. The lowest BCUT2D eigenvalue weighted by Gasteiger charge is -2.37. The third kappa shape index (κ3) is 3.28. The zero-order valence-corrected chi connectivity index (χ0v) is 14.5. The Morgan fingerprint density at radius 1 is 1.21 bits per heavy atom. The smallest absolute Gasteiger partial charge is 0.254 e. The fraction of sp³-hybridized carbons (Fsp3) is 0.400. The average molecular weight is 323 g/mol. The number of rotatable bonds is 4. The number of pyridine rings is 1. The molecule has 0 saturated carbocycles. The molecule has 0 N–H and O–H groups in total. The average Bonchev–Trinajstić information content (AvgIpc) is 2.67. The van der Waals surface area contributed by atoms with Crippen LogP contribution in [0.4, 0.5) is 5.82 Å². The highest BCUT2D eigenvalue weighted by molar-refractivity contribution is 5.94. The van der Waals surface area contributed by atoms with Gasteiger partial charge in [0.05, 0.1) is 6.04 Å². The van der Waals surface area contributed by atoms with Gasteiger partial charge >= 0.3 is 0 Å². The number of nitrogens with zero attached hydrogens (tertiary/aromatic N) is 3. The molecule has 1 saturated heterocycles. The molecular formula is C20H25N3O. The van der Waals surface area contributed by atoms with Crippen LogP contribution >= 0.6 is 0 Å². The SMILES string of the molecule is CCN(C)c1ncccc1[C@H]1CCCCN1C(=O)c1ccccc1. The van der Waals surface area contributed by atoms with E-state index in [1.165, 1.54) is 0 Å². The van der Waals surface area contributed by atoms with E-state index in [-0.39, 0.29) is 11.9 Å². The molecule has 2 aromatic rings. The number of aromatic nitrogens is 1. The molecule has 1 fully saturated rings. The maximum atomic E-state index is 13.0. The van der Waals surface area contributed by atoms with Gasteiger partial charge in [-0.2, -0.15) is 0 Å². The molecule has 4 nitrogen and oxygen atoms in total. The molecule has 0 spiro atoms. The highest BCUT2D eigenvalue weighted by Gasteiger charge is 2.30. The standard InChI is InChI=1S/C20H25N3O/c1-3-22(2)19-17(12-9-14-21-19)18-13-7-8-15-23(18)20(24)16-10-5-4-6-11-16/h4-6,9-12,14,18H,3,7-8,13,15H2,1-2H3/t18-/m1/s1. The Balaban J connectivity index is 1.95. The van der Waals surface area contributed by atoms with Crippen molar-refractivity contribution in [3.05, 3.63) is 59.8 Å². The Kier molecular flexibility index (Phi) is 5.14. The van der Waals surface area contributed by atoms with Gasteiger partial charge < -0.3 is 9.80 Å². The van der Waals surface area contributed by atoms with Crippen molar-refractivity contribution in [2.45, 2.75) is 32.2 Å². The van der Waals surface area contributed by atoms with E-state index in [9.17, 15) is 4.79 Å². The van der Waals surface area contributed by atoms with Gasteiger partial charge in [0.25, 0.3) is 5.91 Å². The van der Waals surface area contributed by atoms with Gasteiger partial charge in [0.15, 0.2) is 0 Å². The molecule has 0 bridgehead atoms. The van der Waals surface area contributed by atoms with Crippen LogP contribution in [0.5, 0.6) is 0 Å². The van der Waals surface area contributed by atoms with Crippen LogP contribution in [-0.4, -0.2) is 35.9 Å². The van der Waals surface area contributed by atoms with Crippen molar-refractivity contribution in [1.82, 2.24) is 9.88 Å². The zero-order chi connectivity index (χ0) is 16.9. The molecular weight excluding hydrogens is 298 g/mol. The molecule has 0 radical (unpaired) electrons. The second kappa shape index (κ2) is 7.47. The van der Waals surface area contributed by atoms with Crippen molar-refractivity contribution >= 4 is 11.7 Å². The Morgan fingerprint density at radius 3 is 2.75 bits per heavy atom. The number of likely N-dealkylation sites (tertiary alicyclic amines) is 1. The second-order valence-electron chi connectivity index (χ2n) is 6.31. The number of carbonyl (C=O) groups excluding carboxylic acids is 1. The second-order valence-corrected chi connectivity index (χ2v) is 6.31. The van der Waals surface area contributed by atoms with Crippen LogP contribution in [0.25, 0.3) is 0 Å². The van der Waals surface area contributed by atoms with E-state index in [0.717, 1.165) is 49.3 Å². The summed E-state index contributed by atoms with van der Waals surface area (Å²) in [5.74, 6) is 1.10. The van der Waals surface area contributed by atoms with Crippen molar-refractivity contribution in [2.75, 3.05) is 25.0 Å². The van der Waals surface area contributed by atoms with Gasteiger partial charge in [-0.15, -0.1) is 0 Å². The molecule has 1 atom stereocenters. The summed E-state index contributed by atoms with van der Waals surface area (Å²) in [7, 11) is 2.05. The van der Waals surface area contributed by atoms with E-state index in [2.05, 4.69) is 29.9 Å². The quantitative estimate of drug-likeness (QED) is 0.856. The lowest BCUT2D eigenvalue weighted by molar-refractivity contribution is 0.0612. The molecule has 24 heavy (non-hydrogen) atoms. The number of hydrogen-bond acceptors (Lipinski definition) is 3. The molecule has 0 unspecified atom stereocenters. The van der Waals surface area contributed by atoms with Gasteiger partial charge in [-0.25, -0.2) is 4.98 Å². The fourth-order valence-corrected chi connectivity index (χ4v) is 3.38. The van der Waals surface area contributed by atoms with E-state index < -0.39 is 0 Å². The molecule has 1 aliphatic heterocycles. The monoisotopic (exact) mass is 323 g/mol. The summed E-state index contributed by atoms with van der Waals surface area (Å²) >= 11 is 0. The molecule has 126 valence electrons. The van der Waals surface area contributed by atoms with Gasteiger partial charge in [-0.3, -0.25) is 4.79 Å². The number of benzene rings is 1. The number of piperidine rings is 1. The minimum absolute atomic E-state index is 0.101. The summed E-state index contributed by atoms with van der Waals surface area (Å²) in [5, 5.41) is 0. The molecule has 1 amide bonds. The first kappa shape index (κ1) is 16.5. The van der Waals surface area contributed by atoms with Crippen LogP contribution in [0, 0.1) is 0 Å². The minimum Gasteiger partial charge on any atom is -0.360 e. The van der Waals surface area contributed by atoms with Crippen LogP contribution < -0.4 is 4.90 Å². The normalized spacial score (nSPS) is 17.6. The van der Waals surface area contributed by atoms with Gasteiger partial charge in [0, 0.05) is 37.5 Å². The van der Waals surface area contributed by atoms with Gasteiger partial charge in [0.1, 0.15) is 5.82 Å². The molecule has 3 rings (SSSR count). The fourth-order valence-electron chi connectivity index (χ4n) is 3.38. The third-order valence-electron chi connectivity index (χ3n) is 4.80. The predicted molar refractivity (Wildman–Crippen MR) is 97.3 cm³/mol. The zero-order valence-electron chi connectivity index (χ0n) is 14.5. The van der Waals surface area contributed by atoms with Gasteiger partial charge in [-0.05, 0) is 44.4 Å². The Labute approximate surface area is 144 Å². The van der Waals surface area contributed by atoms with Crippen LogP contribution in [0.1, 0.15) is 48.1 Å². The van der Waals surface area contributed by atoms with Crippen molar-refractivity contribution in [2.24, 2.45) is 0 Å². The molecule has 0 aliphatic carbocycles. The first-order chi connectivity index (χ1) is 11.7. The summed E-state index contributed by atoms with van der Waals surface area (Å²) in [6, 6.07) is 13.8. The number of amides is 1. The Hall–Kier alpha value is -2.36. The molecule has 4 heteroatoms. The molecule has 1 aromatic carbocycles. The van der Waals surface area contributed by atoms with E-state index >= 15 is 0 Å². The van der Waals surface area contributed by atoms with Crippen molar-refractivity contribution < 1.29 is 4.79 Å². The Bertz CT molecular complexity index is 686. The lowest BCUT2D eigenvalue weighted by atomic mass is 9.94. The molecule has 1 aliphatic rings.